The van der Waals surface area contributed by atoms with Crippen LogP contribution in [0, 0.1) is 6.92 Å². The van der Waals surface area contributed by atoms with Crippen molar-refractivity contribution in [1.29, 1.82) is 0 Å². The molecule has 1 atom stereocenters. The van der Waals surface area contributed by atoms with Crippen LogP contribution in [0.25, 0.3) is 10.9 Å². The van der Waals surface area contributed by atoms with Gasteiger partial charge in [-0.1, -0.05) is 11.6 Å². The van der Waals surface area contributed by atoms with Gasteiger partial charge in [-0.3, -0.25) is 4.79 Å². The number of halogens is 1. The van der Waals surface area contributed by atoms with Gasteiger partial charge in [-0.05, 0) is 32.0 Å². The summed E-state index contributed by atoms with van der Waals surface area (Å²) in [4.78, 5) is 24.0. The van der Waals surface area contributed by atoms with Gasteiger partial charge >= 0.3 is 0 Å². The van der Waals surface area contributed by atoms with E-state index in [1.54, 1.807) is 24.7 Å². The molecule has 6 nitrogen and oxygen atoms in total. The highest BCUT2D eigenvalue weighted by Crippen LogP contribution is 2.26. The first-order valence-corrected chi connectivity index (χ1v) is 8.42. The third-order valence-corrected chi connectivity index (χ3v) is 4.31. The van der Waals surface area contributed by atoms with Crippen LogP contribution in [0.1, 0.15) is 34.8 Å². The summed E-state index contributed by atoms with van der Waals surface area (Å²) in [6.45, 7) is 4.55. The Hall–Kier alpha value is -2.44. The van der Waals surface area contributed by atoms with E-state index in [0.29, 0.717) is 29.6 Å². The number of H-pyrrole nitrogens is 1. The molecule has 0 aliphatic heterocycles. The predicted molar refractivity (Wildman–Crippen MR) is 96.8 cm³/mol. The molecule has 3 rings (SSSR count). The Morgan fingerprint density at radius 1 is 1.32 bits per heavy atom. The molecule has 0 saturated carbocycles. The van der Waals surface area contributed by atoms with Crippen molar-refractivity contribution in [3.8, 4) is 0 Å². The van der Waals surface area contributed by atoms with Gasteiger partial charge in [-0.25, -0.2) is 9.97 Å². The Bertz CT molecular complexity index is 876. The number of hydrogen-bond acceptors (Lipinski definition) is 4. The lowest BCUT2D eigenvalue weighted by molar-refractivity contribution is 0.0581. The van der Waals surface area contributed by atoms with Gasteiger partial charge in [0.05, 0.1) is 10.6 Å². The molecular formula is C18H19ClN4O2. The molecule has 2 aromatic heterocycles. The first-order chi connectivity index (χ1) is 12.1. The Balaban J connectivity index is 1.74. The van der Waals surface area contributed by atoms with Crippen LogP contribution < -0.4 is 5.32 Å². The van der Waals surface area contributed by atoms with Crippen molar-refractivity contribution in [2.24, 2.45) is 0 Å². The van der Waals surface area contributed by atoms with Crippen LogP contribution in [0.3, 0.4) is 0 Å². The van der Waals surface area contributed by atoms with E-state index >= 15 is 0 Å². The van der Waals surface area contributed by atoms with E-state index in [1.165, 1.54) is 0 Å². The van der Waals surface area contributed by atoms with E-state index in [4.69, 9.17) is 16.3 Å². The topological polar surface area (TPSA) is 79.9 Å². The molecule has 2 N–H and O–H groups in total. The molecule has 0 saturated heterocycles. The number of fused-ring (bicyclic) bond motifs is 1. The highest BCUT2D eigenvalue weighted by molar-refractivity contribution is 6.38. The number of carbonyl (C=O) groups excluding carboxylic acids is 1. The molecule has 2 heterocycles. The monoisotopic (exact) mass is 358 g/mol. The lowest BCUT2D eigenvalue weighted by Crippen LogP contribution is -2.30. The lowest BCUT2D eigenvalue weighted by atomic mass is 10.1. The molecule has 1 unspecified atom stereocenters. The SMILES string of the molecule is CCOC(CNC(=O)c1ccc2[nH]ccc2c1Cl)c1cnc(C)nc1. The summed E-state index contributed by atoms with van der Waals surface area (Å²) in [5.41, 5.74) is 2.15. The minimum absolute atomic E-state index is 0.245. The quantitative estimate of drug-likeness (QED) is 0.707. The first kappa shape index (κ1) is 17.4. The number of benzene rings is 1. The van der Waals surface area contributed by atoms with E-state index in [1.807, 2.05) is 26.0 Å². The molecule has 0 aliphatic carbocycles. The normalized spacial score (nSPS) is 12.3. The highest BCUT2D eigenvalue weighted by Gasteiger charge is 2.17. The van der Waals surface area contributed by atoms with Gasteiger partial charge in [-0.2, -0.15) is 0 Å². The number of aromatic amines is 1. The largest absolute Gasteiger partial charge is 0.372 e. The fourth-order valence-corrected chi connectivity index (χ4v) is 2.91. The van der Waals surface area contributed by atoms with Gasteiger partial charge in [-0.15, -0.1) is 0 Å². The van der Waals surface area contributed by atoms with E-state index < -0.39 is 0 Å². The second kappa shape index (κ2) is 7.63. The molecule has 25 heavy (non-hydrogen) atoms. The first-order valence-electron chi connectivity index (χ1n) is 8.04. The van der Waals surface area contributed by atoms with Crippen LogP contribution in [0.5, 0.6) is 0 Å². The van der Waals surface area contributed by atoms with Gasteiger partial charge < -0.3 is 15.0 Å². The van der Waals surface area contributed by atoms with Crippen molar-refractivity contribution < 1.29 is 9.53 Å². The molecule has 1 amide bonds. The zero-order chi connectivity index (χ0) is 17.8. The third-order valence-electron chi connectivity index (χ3n) is 3.90. The maximum atomic E-state index is 12.5. The molecule has 7 heteroatoms. The highest BCUT2D eigenvalue weighted by atomic mass is 35.5. The maximum Gasteiger partial charge on any atom is 0.252 e. The van der Waals surface area contributed by atoms with Crippen molar-refractivity contribution in [2.75, 3.05) is 13.2 Å². The molecule has 3 aromatic rings. The van der Waals surface area contributed by atoms with Gasteiger partial charge in [0.2, 0.25) is 0 Å². The number of amides is 1. The fraction of sp³-hybridized carbons (Fsp3) is 0.278. The molecule has 0 aliphatic rings. The van der Waals surface area contributed by atoms with Crippen LogP contribution in [-0.2, 0) is 4.74 Å². The zero-order valence-corrected chi connectivity index (χ0v) is 14.8. The molecule has 0 spiro atoms. The minimum atomic E-state index is -0.315. The second-order valence-electron chi connectivity index (χ2n) is 5.58. The van der Waals surface area contributed by atoms with Crippen molar-refractivity contribution in [3.63, 3.8) is 0 Å². The van der Waals surface area contributed by atoms with E-state index in [-0.39, 0.29) is 12.0 Å². The Morgan fingerprint density at radius 3 is 2.80 bits per heavy atom. The number of aromatic nitrogens is 3. The number of aryl methyl sites for hydroxylation is 1. The number of carbonyl (C=O) groups is 1. The molecule has 0 fully saturated rings. The van der Waals surface area contributed by atoms with Crippen LogP contribution >= 0.6 is 11.6 Å². The smallest absolute Gasteiger partial charge is 0.252 e. The van der Waals surface area contributed by atoms with Gasteiger partial charge in [0, 0.05) is 48.2 Å². The minimum Gasteiger partial charge on any atom is -0.372 e. The van der Waals surface area contributed by atoms with Gasteiger partial charge in [0.1, 0.15) is 11.9 Å². The van der Waals surface area contributed by atoms with E-state index in [9.17, 15) is 4.79 Å². The number of ether oxygens (including phenoxy) is 1. The second-order valence-corrected chi connectivity index (χ2v) is 5.96. The summed E-state index contributed by atoms with van der Waals surface area (Å²) < 4.78 is 5.71. The summed E-state index contributed by atoms with van der Waals surface area (Å²) in [5.74, 6) is 0.445. The summed E-state index contributed by atoms with van der Waals surface area (Å²) in [6.07, 6.45) is 4.91. The van der Waals surface area contributed by atoms with Crippen molar-refractivity contribution in [3.05, 3.63) is 58.8 Å². The number of rotatable bonds is 6. The average Bonchev–Trinajstić information content (AvgIpc) is 3.09. The average molecular weight is 359 g/mol. The standard InChI is InChI=1S/C18H19ClN4O2/c1-3-25-16(12-8-21-11(2)22-9-12)10-23-18(24)14-4-5-15-13(17(14)19)6-7-20-15/h4-9,16,20H,3,10H2,1-2H3,(H,23,24). The van der Waals surface area contributed by atoms with Gasteiger partial charge in [0.15, 0.2) is 0 Å². The summed E-state index contributed by atoms with van der Waals surface area (Å²) in [6, 6.07) is 5.40. The molecule has 0 radical (unpaired) electrons. The molecule has 130 valence electrons. The third kappa shape index (κ3) is 3.81. The van der Waals surface area contributed by atoms with Crippen molar-refractivity contribution in [1.82, 2.24) is 20.3 Å². The summed E-state index contributed by atoms with van der Waals surface area (Å²) in [7, 11) is 0. The van der Waals surface area contributed by atoms with E-state index in [2.05, 4.69) is 20.3 Å². The summed E-state index contributed by atoms with van der Waals surface area (Å²) >= 11 is 6.36. The molecule has 1 aromatic carbocycles. The zero-order valence-electron chi connectivity index (χ0n) is 14.0. The Labute approximate surface area is 150 Å². The number of hydrogen-bond donors (Lipinski definition) is 2. The van der Waals surface area contributed by atoms with Crippen LogP contribution in [0.4, 0.5) is 0 Å². The summed E-state index contributed by atoms with van der Waals surface area (Å²) in [5, 5.41) is 4.14. The van der Waals surface area contributed by atoms with Gasteiger partial charge in [0.25, 0.3) is 5.91 Å². The number of nitrogens with zero attached hydrogens (tertiary/aromatic N) is 2. The van der Waals surface area contributed by atoms with Crippen molar-refractivity contribution >= 4 is 28.4 Å². The van der Waals surface area contributed by atoms with Crippen molar-refractivity contribution in [2.45, 2.75) is 20.0 Å². The van der Waals surface area contributed by atoms with Crippen LogP contribution in [0.2, 0.25) is 5.02 Å². The Kier molecular flexibility index (Phi) is 5.31. The van der Waals surface area contributed by atoms with E-state index in [0.717, 1.165) is 16.5 Å². The van der Waals surface area contributed by atoms with Crippen LogP contribution in [0.15, 0.2) is 36.8 Å². The number of nitrogens with one attached hydrogen (secondary N) is 2. The molecule has 0 bridgehead atoms. The van der Waals surface area contributed by atoms with Crippen LogP contribution in [-0.4, -0.2) is 34.0 Å². The maximum absolute atomic E-state index is 12.5. The lowest BCUT2D eigenvalue weighted by Gasteiger charge is -2.18. The fourth-order valence-electron chi connectivity index (χ4n) is 2.60. The molecular weight excluding hydrogens is 340 g/mol. The Morgan fingerprint density at radius 2 is 2.08 bits per heavy atom. The predicted octanol–water partition coefficient (Wildman–Crippen LogP) is 3.43.